The molecule has 0 unspecified atom stereocenters. The monoisotopic (exact) mass is 1030 g/mol. The van der Waals surface area contributed by atoms with Gasteiger partial charge in [0.15, 0.2) is 17.5 Å². The first-order valence-corrected chi connectivity index (χ1v) is 27.5. The summed E-state index contributed by atoms with van der Waals surface area (Å²) >= 11 is 0. The molecule has 17 rings (SSSR count). The lowest BCUT2D eigenvalue weighted by molar-refractivity contribution is 0.669. The number of fused-ring (bicyclic) bond motifs is 15. The zero-order valence-corrected chi connectivity index (χ0v) is 43.6. The summed E-state index contributed by atoms with van der Waals surface area (Å²) in [6, 6.07) is 97.8. The summed E-state index contributed by atoms with van der Waals surface area (Å²) in [6.45, 7) is 0. The van der Waals surface area contributed by atoms with Crippen LogP contribution in [-0.2, 0) is 0 Å². The average Bonchev–Trinajstić information content (AvgIpc) is 4.34. The van der Waals surface area contributed by atoms with Crippen LogP contribution in [0.4, 0.5) is 0 Å². The number of benzene rings is 13. The number of nitrogens with zero attached hydrogens (tertiary/aromatic N) is 5. The molecule has 0 aliphatic heterocycles. The minimum Gasteiger partial charge on any atom is -0.456 e. The lowest BCUT2D eigenvalue weighted by Crippen LogP contribution is -2.00. The minimum absolute atomic E-state index is 0.637. The molecule has 0 aliphatic rings. The molecule has 0 saturated carbocycles. The molecular weight excluding hydrogens is 987 g/mol. The van der Waals surface area contributed by atoms with Crippen molar-refractivity contribution in [2.24, 2.45) is 0 Å². The van der Waals surface area contributed by atoms with E-state index in [2.05, 4.69) is 221 Å². The second-order valence-corrected chi connectivity index (χ2v) is 21.1. The van der Waals surface area contributed by atoms with E-state index in [1.54, 1.807) is 0 Å². The van der Waals surface area contributed by atoms with Gasteiger partial charge in [-0.15, -0.1) is 0 Å². The molecular formula is C75H45N5O. The van der Waals surface area contributed by atoms with Crippen LogP contribution in [0.25, 0.3) is 166 Å². The van der Waals surface area contributed by atoms with Gasteiger partial charge in [-0.3, -0.25) is 0 Å². The SMILES string of the molecule is c1ccc(-c2nc(-c3ccccc3)nc(-c3ccc4c5ccc(-n6c7ccccc7c7cc(-c8ccc9oc%10ccc(-c%11ccc%12c(c%11)c%11ccccc%11n%12-c%11ccccc%11)cc%10c9c8)ccc76)cc5c5ccccc5c4c3)n2)cc1. The predicted molar refractivity (Wildman–Crippen MR) is 335 cm³/mol. The minimum atomic E-state index is 0.637. The van der Waals surface area contributed by atoms with E-state index >= 15 is 0 Å². The van der Waals surface area contributed by atoms with Crippen molar-refractivity contribution in [2.45, 2.75) is 0 Å². The molecule has 0 amide bonds. The average molecular weight is 1030 g/mol. The van der Waals surface area contributed by atoms with Crippen LogP contribution in [0.15, 0.2) is 277 Å². The summed E-state index contributed by atoms with van der Waals surface area (Å²) in [7, 11) is 0. The van der Waals surface area contributed by atoms with Crippen molar-refractivity contribution < 1.29 is 4.42 Å². The van der Waals surface area contributed by atoms with Gasteiger partial charge < -0.3 is 13.6 Å². The Bertz CT molecular complexity index is 5330. The Morgan fingerprint density at radius 3 is 1.10 bits per heavy atom. The summed E-state index contributed by atoms with van der Waals surface area (Å²) in [5.41, 5.74) is 16.2. The fraction of sp³-hybridized carbons (Fsp3) is 0. The zero-order chi connectivity index (χ0) is 53.1. The summed E-state index contributed by atoms with van der Waals surface area (Å²) in [5, 5.41) is 14.2. The van der Waals surface area contributed by atoms with Gasteiger partial charge in [-0.1, -0.05) is 182 Å². The maximum atomic E-state index is 6.52. The van der Waals surface area contributed by atoms with E-state index < -0.39 is 0 Å². The van der Waals surface area contributed by atoms with Gasteiger partial charge in [0.2, 0.25) is 0 Å². The first-order chi connectivity index (χ1) is 40.1. The van der Waals surface area contributed by atoms with Crippen LogP contribution in [0, 0.1) is 0 Å². The van der Waals surface area contributed by atoms with E-state index in [-0.39, 0.29) is 0 Å². The van der Waals surface area contributed by atoms with Crippen molar-refractivity contribution >= 4 is 97.9 Å². The first kappa shape index (κ1) is 45.1. The van der Waals surface area contributed by atoms with Crippen molar-refractivity contribution in [3.05, 3.63) is 273 Å². The third kappa shape index (κ3) is 7.17. The smallest absolute Gasteiger partial charge is 0.164 e. The number of para-hydroxylation sites is 3. The molecule has 6 heteroatoms. The Morgan fingerprint density at radius 1 is 0.210 bits per heavy atom. The van der Waals surface area contributed by atoms with Gasteiger partial charge in [0.1, 0.15) is 11.2 Å². The highest BCUT2D eigenvalue weighted by molar-refractivity contribution is 6.26. The van der Waals surface area contributed by atoms with E-state index in [0.717, 1.165) is 83.1 Å². The topological polar surface area (TPSA) is 61.7 Å². The normalized spacial score (nSPS) is 12.0. The van der Waals surface area contributed by atoms with Crippen LogP contribution in [0.1, 0.15) is 0 Å². The van der Waals surface area contributed by atoms with Crippen LogP contribution in [0.2, 0.25) is 0 Å². The van der Waals surface area contributed by atoms with Crippen LogP contribution in [-0.4, -0.2) is 24.1 Å². The van der Waals surface area contributed by atoms with Gasteiger partial charge in [0.05, 0.1) is 22.1 Å². The maximum absolute atomic E-state index is 6.52. The van der Waals surface area contributed by atoms with Gasteiger partial charge >= 0.3 is 0 Å². The third-order valence-corrected chi connectivity index (χ3v) is 16.5. The Morgan fingerprint density at radius 2 is 0.568 bits per heavy atom. The molecule has 81 heavy (non-hydrogen) atoms. The first-order valence-electron chi connectivity index (χ1n) is 27.5. The molecule has 0 radical (unpaired) electrons. The van der Waals surface area contributed by atoms with Crippen molar-refractivity contribution in [3.8, 4) is 67.8 Å². The molecule has 6 nitrogen and oxygen atoms in total. The third-order valence-electron chi connectivity index (χ3n) is 16.5. The molecule has 0 fully saturated rings. The second kappa shape index (κ2) is 17.8. The molecule has 0 atom stereocenters. The molecule has 0 spiro atoms. The molecule has 376 valence electrons. The molecule has 4 heterocycles. The van der Waals surface area contributed by atoms with Crippen molar-refractivity contribution in [1.29, 1.82) is 0 Å². The predicted octanol–water partition coefficient (Wildman–Crippen LogP) is 19.8. The number of hydrogen-bond acceptors (Lipinski definition) is 4. The van der Waals surface area contributed by atoms with E-state index in [0.29, 0.717) is 17.5 Å². The second-order valence-electron chi connectivity index (χ2n) is 21.1. The van der Waals surface area contributed by atoms with Gasteiger partial charge in [0, 0.05) is 60.4 Å². The van der Waals surface area contributed by atoms with Crippen LogP contribution < -0.4 is 0 Å². The van der Waals surface area contributed by atoms with E-state index in [4.69, 9.17) is 19.4 Å². The highest BCUT2D eigenvalue weighted by atomic mass is 16.3. The number of rotatable bonds is 7. The number of aromatic nitrogens is 5. The highest BCUT2D eigenvalue weighted by Crippen LogP contribution is 2.43. The molecule has 0 bridgehead atoms. The zero-order valence-electron chi connectivity index (χ0n) is 43.6. The van der Waals surface area contributed by atoms with Crippen molar-refractivity contribution in [1.82, 2.24) is 24.1 Å². The van der Waals surface area contributed by atoms with E-state index in [1.807, 2.05) is 60.7 Å². The quantitative estimate of drug-likeness (QED) is 0.149. The van der Waals surface area contributed by atoms with E-state index in [9.17, 15) is 0 Å². The Labute approximate surface area is 464 Å². The molecule has 0 N–H and O–H groups in total. The highest BCUT2D eigenvalue weighted by Gasteiger charge is 2.20. The fourth-order valence-corrected chi connectivity index (χ4v) is 12.7. The standard InChI is InChI=1S/C75H45N5O/c1-4-16-46(17-5-1)73-76-74(47-18-6-2-7-19-47)78-75(77-73)52-28-34-57-58-35-33-54(45-62(58)56-23-11-10-22-55(56)61(57)44-52)80-68-27-15-13-25-60(68)64-41-49(30-37-70(64)80)51-32-39-72-66(43-51)65-42-50(31-38-71(65)81-72)48-29-36-69-63(40-48)59-24-12-14-26-67(59)79(69)53-20-8-3-9-21-53/h1-45H. The van der Waals surface area contributed by atoms with Gasteiger partial charge in [0.25, 0.3) is 0 Å². The molecule has 0 saturated heterocycles. The molecule has 0 aliphatic carbocycles. The van der Waals surface area contributed by atoms with Gasteiger partial charge in [-0.05, 0) is 146 Å². The summed E-state index contributed by atoms with van der Waals surface area (Å²) in [5.74, 6) is 1.93. The van der Waals surface area contributed by atoms with Gasteiger partial charge in [-0.2, -0.15) is 0 Å². The lowest BCUT2D eigenvalue weighted by atomic mass is 9.93. The van der Waals surface area contributed by atoms with E-state index in [1.165, 1.54) is 65.1 Å². The Kier molecular flexibility index (Phi) is 9.91. The van der Waals surface area contributed by atoms with Crippen LogP contribution >= 0.6 is 0 Å². The molecule has 17 aromatic rings. The van der Waals surface area contributed by atoms with Crippen LogP contribution in [0.5, 0.6) is 0 Å². The summed E-state index contributed by atoms with van der Waals surface area (Å²) in [4.78, 5) is 15.1. The molecule has 13 aromatic carbocycles. The van der Waals surface area contributed by atoms with Gasteiger partial charge in [-0.25, -0.2) is 15.0 Å². The summed E-state index contributed by atoms with van der Waals surface area (Å²) in [6.07, 6.45) is 0. The summed E-state index contributed by atoms with van der Waals surface area (Å²) < 4.78 is 11.3. The number of furan rings is 1. The van der Waals surface area contributed by atoms with Crippen molar-refractivity contribution in [3.63, 3.8) is 0 Å². The Hall–Kier alpha value is -11.0. The van der Waals surface area contributed by atoms with Crippen molar-refractivity contribution in [2.75, 3.05) is 0 Å². The number of hydrogen-bond donors (Lipinski definition) is 0. The van der Waals surface area contributed by atoms with Crippen LogP contribution in [0.3, 0.4) is 0 Å². The largest absolute Gasteiger partial charge is 0.456 e. The Balaban J connectivity index is 0.756. The molecule has 4 aromatic heterocycles. The maximum Gasteiger partial charge on any atom is 0.164 e. The fourth-order valence-electron chi connectivity index (χ4n) is 12.7. The lowest BCUT2D eigenvalue weighted by Gasteiger charge is -2.15.